The Morgan fingerprint density at radius 1 is 1.00 bits per heavy atom. The van der Waals surface area contributed by atoms with Gasteiger partial charge in [0.1, 0.15) is 0 Å². The van der Waals surface area contributed by atoms with Crippen LogP contribution in [0.25, 0.3) is 0 Å². The van der Waals surface area contributed by atoms with E-state index in [0.717, 1.165) is 6.42 Å². The molecule has 9 nitrogen and oxygen atoms in total. The van der Waals surface area contributed by atoms with Gasteiger partial charge in [-0.3, -0.25) is 10.1 Å². The van der Waals surface area contributed by atoms with Crippen molar-refractivity contribution in [3.63, 3.8) is 0 Å². The summed E-state index contributed by atoms with van der Waals surface area (Å²) in [7, 11) is -4.15. The topological polar surface area (TPSA) is 134 Å². The average molecular weight is 619 g/mol. The molecule has 3 aromatic carbocycles. The number of fused-ring (bicyclic) bond motifs is 1. The first-order valence-corrected chi connectivity index (χ1v) is 15.6. The van der Waals surface area contributed by atoms with E-state index < -0.39 is 21.3 Å². The summed E-state index contributed by atoms with van der Waals surface area (Å²) in [6.07, 6.45) is 1.43. The molecule has 5 N–H and O–H groups in total. The predicted octanol–water partition coefficient (Wildman–Crippen LogP) is 5.22. The number of amides is 3. The van der Waals surface area contributed by atoms with E-state index in [2.05, 4.69) is 16.0 Å². The van der Waals surface area contributed by atoms with Crippen molar-refractivity contribution in [2.24, 2.45) is 5.73 Å². The van der Waals surface area contributed by atoms with Gasteiger partial charge in [-0.2, -0.15) is 0 Å². The van der Waals surface area contributed by atoms with Crippen molar-refractivity contribution in [3.8, 4) is 0 Å². The second-order valence-corrected chi connectivity index (χ2v) is 12.3. The summed E-state index contributed by atoms with van der Waals surface area (Å²) in [6.45, 7) is 5.74. The number of nitrogens with zero attached hydrogens (tertiary/aromatic N) is 1. The smallest absolute Gasteiger partial charge is 0.321 e. The minimum atomic E-state index is -4.15. The molecule has 0 bridgehead atoms. The summed E-state index contributed by atoms with van der Waals surface area (Å²) in [4.78, 5) is 27.7. The van der Waals surface area contributed by atoms with Crippen LogP contribution in [0.4, 0.5) is 16.2 Å². The van der Waals surface area contributed by atoms with Crippen molar-refractivity contribution in [3.05, 3.63) is 81.8 Å². The highest BCUT2D eigenvalue weighted by atomic mass is 35.5. The molecule has 41 heavy (non-hydrogen) atoms. The van der Waals surface area contributed by atoms with Gasteiger partial charge < -0.3 is 21.3 Å². The normalized spacial score (nSPS) is 16.3. The molecule has 4 rings (SSSR count). The lowest BCUT2D eigenvalue weighted by Gasteiger charge is -2.30. The van der Waals surface area contributed by atoms with Gasteiger partial charge in [-0.25, -0.2) is 13.2 Å². The molecule has 1 aliphatic rings. The lowest BCUT2D eigenvalue weighted by atomic mass is 9.83. The van der Waals surface area contributed by atoms with E-state index in [4.69, 9.17) is 28.9 Å². The Morgan fingerprint density at radius 2 is 1.68 bits per heavy atom. The number of benzene rings is 3. The molecule has 0 radical (unpaired) electrons. The SMILES string of the molecule is CCN(CC)C(=O)Nc1ccc(S(=O)(=O)c2cc(Cl)cc3c2NC(=O)C3(NCCCCN)c2ccccc2Cl)cc1. The Hall–Kier alpha value is -3.15. The number of unbranched alkanes of at least 4 members (excludes halogenated alkanes) is 1. The van der Waals surface area contributed by atoms with Gasteiger partial charge in [-0.1, -0.05) is 41.4 Å². The number of hydrogen-bond acceptors (Lipinski definition) is 6. The number of carbonyl (C=O) groups is 2. The van der Waals surface area contributed by atoms with E-state index in [-0.39, 0.29) is 26.5 Å². The molecule has 1 heterocycles. The lowest BCUT2D eigenvalue weighted by molar-refractivity contribution is -0.120. The highest BCUT2D eigenvalue weighted by Crippen LogP contribution is 2.48. The van der Waals surface area contributed by atoms with Crippen LogP contribution in [0.3, 0.4) is 0 Å². The molecule has 1 unspecified atom stereocenters. The predicted molar refractivity (Wildman–Crippen MR) is 162 cm³/mol. The highest BCUT2D eigenvalue weighted by Gasteiger charge is 2.51. The Kier molecular flexibility index (Phi) is 9.61. The second kappa shape index (κ2) is 12.8. The average Bonchev–Trinajstić information content (AvgIpc) is 3.23. The molecule has 3 amide bonds. The number of rotatable bonds is 11. The lowest BCUT2D eigenvalue weighted by Crippen LogP contribution is -2.49. The number of halogens is 2. The first-order valence-electron chi connectivity index (χ1n) is 13.4. The van der Waals surface area contributed by atoms with E-state index in [0.29, 0.717) is 54.4 Å². The molecule has 0 aliphatic carbocycles. The second-order valence-electron chi connectivity index (χ2n) is 9.56. The summed E-state index contributed by atoms with van der Waals surface area (Å²) in [5.41, 5.74) is 5.60. The van der Waals surface area contributed by atoms with Crippen molar-refractivity contribution >= 4 is 56.4 Å². The van der Waals surface area contributed by atoms with E-state index in [1.165, 1.54) is 30.3 Å². The van der Waals surface area contributed by atoms with Crippen LogP contribution >= 0.6 is 23.2 Å². The quantitative estimate of drug-likeness (QED) is 0.218. The van der Waals surface area contributed by atoms with E-state index in [9.17, 15) is 18.0 Å². The molecular weight excluding hydrogens is 585 g/mol. The number of sulfone groups is 1. The summed E-state index contributed by atoms with van der Waals surface area (Å²) in [6, 6.07) is 15.4. The molecule has 0 aromatic heterocycles. The standard InChI is InChI=1S/C29H33Cl2N5O4S/c1-3-36(4-2)28(38)34-20-11-13-21(14-12-20)41(39,40)25-18-19(30)17-23-26(25)35-27(37)29(23,33-16-8-7-15-32)22-9-5-6-10-24(22)31/h5-6,9-14,17-18,33H,3-4,7-8,15-16,32H2,1-2H3,(H,34,38)(H,35,37). The monoisotopic (exact) mass is 617 g/mol. The van der Waals surface area contributed by atoms with Crippen LogP contribution in [0.5, 0.6) is 0 Å². The molecule has 3 aromatic rings. The molecule has 0 saturated heterocycles. The minimum absolute atomic E-state index is 0.0248. The zero-order valence-corrected chi connectivity index (χ0v) is 25.2. The number of anilines is 2. The fourth-order valence-corrected chi connectivity index (χ4v) is 6.98. The first-order chi connectivity index (χ1) is 19.6. The van der Waals surface area contributed by atoms with Gasteiger partial charge in [0.2, 0.25) is 9.84 Å². The third-order valence-electron chi connectivity index (χ3n) is 7.11. The van der Waals surface area contributed by atoms with Crippen molar-refractivity contribution in [2.75, 3.05) is 36.8 Å². The van der Waals surface area contributed by atoms with Crippen LogP contribution in [0, 0.1) is 0 Å². The van der Waals surface area contributed by atoms with Crippen molar-refractivity contribution < 1.29 is 18.0 Å². The van der Waals surface area contributed by atoms with Gasteiger partial charge in [-0.05, 0) is 82.2 Å². The van der Waals surface area contributed by atoms with Crippen LogP contribution in [0.2, 0.25) is 10.0 Å². The molecule has 12 heteroatoms. The van der Waals surface area contributed by atoms with E-state index in [1.54, 1.807) is 35.2 Å². The summed E-state index contributed by atoms with van der Waals surface area (Å²) >= 11 is 13.1. The highest BCUT2D eigenvalue weighted by molar-refractivity contribution is 7.91. The van der Waals surface area contributed by atoms with E-state index in [1.807, 2.05) is 13.8 Å². The van der Waals surface area contributed by atoms with Gasteiger partial charge in [0.15, 0.2) is 5.54 Å². The van der Waals surface area contributed by atoms with E-state index >= 15 is 0 Å². The third-order valence-corrected chi connectivity index (χ3v) is 9.45. The van der Waals surface area contributed by atoms with Gasteiger partial charge in [0.25, 0.3) is 5.91 Å². The molecule has 0 saturated carbocycles. The largest absolute Gasteiger partial charge is 0.330 e. The fraction of sp³-hybridized carbons (Fsp3) is 0.310. The molecule has 0 fully saturated rings. The van der Waals surface area contributed by atoms with Crippen molar-refractivity contribution in [2.45, 2.75) is 42.0 Å². The third kappa shape index (κ3) is 5.93. The van der Waals surface area contributed by atoms with Crippen LogP contribution in [0.1, 0.15) is 37.8 Å². The Bertz CT molecular complexity index is 1550. The first kappa shape index (κ1) is 30.8. The zero-order chi connectivity index (χ0) is 29.8. The molecular formula is C29H33Cl2N5O4S. The number of nitrogens with one attached hydrogen (secondary N) is 3. The number of urea groups is 1. The maximum Gasteiger partial charge on any atom is 0.321 e. The van der Waals surface area contributed by atoms with Crippen LogP contribution in [-0.4, -0.2) is 51.4 Å². The van der Waals surface area contributed by atoms with Crippen LogP contribution < -0.4 is 21.7 Å². The van der Waals surface area contributed by atoms with Crippen molar-refractivity contribution in [1.29, 1.82) is 0 Å². The Morgan fingerprint density at radius 3 is 2.32 bits per heavy atom. The molecule has 1 atom stereocenters. The summed E-state index contributed by atoms with van der Waals surface area (Å²) in [5.74, 6) is -0.471. The number of carbonyl (C=O) groups excluding carboxylic acids is 2. The Labute approximate surface area is 250 Å². The fourth-order valence-electron chi connectivity index (χ4n) is 4.95. The summed E-state index contributed by atoms with van der Waals surface area (Å²) in [5, 5.41) is 9.39. The van der Waals surface area contributed by atoms with Gasteiger partial charge in [-0.15, -0.1) is 0 Å². The Balaban J connectivity index is 1.78. The van der Waals surface area contributed by atoms with Crippen molar-refractivity contribution in [1.82, 2.24) is 10.2 Å². The van der Waals surface area contributed by atoms with Crippen LogP contribution in [0.15, 0.2) is 70.5 Å². The van der Waals surface area contributed by atoms with Gasteiger partial charge in [0, 0.05) is 39.9 Å². The van der Waals surface area contributed by atoms with Gasteiger partial charge in [0.05, 0.1) is 15.5 Å². The molecule has 1 aliphatic heterocycles. The maximum atomic E-state index is 13.9. The van der Waals surface area contributed by atoms with Gasteiger partial charge >= 0.3 is 6.03 Å². The number of hydrogen-bond donors (Lipinski definition) is 4. The zero-order valence-electron chi connectivity index (χ0n) is 22.8. The maximum absolute atomic E-state index is 13.9. The summed E-state index contributed by atoms with van der Waals surface area (Å²) < 4.78 is 27.9. The van der Waals surface area contributed by atoms with Crippen LogP contribution in [-0.2, 0) is 20.2 Å². The molecule has 218 valence electrons. The molecule has 0 spiro atoms. The number of nitrogens with two attached hydrogens (primary N) is 1. The minimum Gasteiger partial charge on any atom is -0.330 e.